The van der Waals surface area contributed by atoms with Gasteiger partial charge in [0.05, 0.1) is 0 Å². The molecule has 0 rings (SSSR count). The predicted molar refractivity (Wildman–Crippen MR) is 12.7 cm³/mol. The molecule has 0 radical (unpaired) electrons. The molecule has 0 aromatic heterocycles. The van der Waals surface area contributed by atoms with Crippen LogP contribution in [0.2, 0.25) is 0 Å². The van der Waals surface area contributed by atoms with Crippen molar-refractivity contribution in [2.45, 2.75) is 0 Å². The van der Waals surface area contributed by atoms with E-state index in [1.165, 1.54) is 0 Å². The third kappa shape index (κ3) is 1410. The molecule has 42 valence electrons. The van der Waals surface area contributed by atoms with Crippen LogP contribution in [0.15, 0.2) is 0 Å². The van der Waals surface area contributed by atoms with Gasteiger partial charge in [-0.05, 0) is 0 Å². The second-order valence-corrected chi connectivity index (χ2v) is 0.842. The molecule has 6 heteroatoms. The van der Waals surface area contributed by atoms with Gasteiger partial charge in [-0.3, -0.25) is 0 Å². The molecule has 8 N–H and O–H groups in total. The van der Waals surface area contributed by atoms with E-state index in [4.69, 9.17) is 12.1 Å². The standard InChI is InChI=1S/Cr.2H3N.3O/h;2*1H3;;;/q;;;;2*-1/p+2. The van der Waals surface area contributed by atoms with E-state index in [0.29, 0.717) is 0 Å². The van der Waals surface area contributed by atoms with Crippen molar-refractivity contribution < 1.29 is 26.9 Å². The van der Waals surface area contributed by atoms with Gasteiger partial charge in [-0.15, -0.1) is 0 Å². The molecule has 0 bridgehead atoms. The van der Waals surface area contributed by atoms with Gasteiger partial charge in [0.2, 0.25) is 0 Å². The molecule has 0 unspecified atom stereocenters. The van der Waals surface area contributed by atoms with E-state index in [2.05, 4.69) is 0 Å². The van der Waals surface area contributed by atoms with Crippen LogP contribution in [0.5, 0.6) is 0 Å². The predicted octanol–water partition coefficient (Wildman–Crippen LogP) is -1.75. The average molecular weight is 136 g/mol. The molecule has 0 aliphatic heterocycles. The van der Waals surface area contributed by atoms with Gasteiger partial charge < -0.3 is 12.3 Å². The molecular weight excluding hydrogens is 128 g/mol. The van der Waals surface area contributed by atoms with E-state index in [-0.39, 0.29) is 12.3 Å². The van der Waals surface area contributed by atoms with Crippen molar-refractivity contribution in [2.24, 2.45) is 0 Å². The van der Waals surface area contributed by atoms with Gasteiger partial charge in [-0.2, -0.15) is 0 Å². The molecule has 0 aliphatic rings. The van der Waals surface area contributed by atoms with Gasteiger partial charge in [-0.1, -0.05) is 0 Å². The van der Waals surface area contributed by atoms with Gasteiger partial charge in [-0.25, -0.2) is 0 Å². The van der Waals surface area contributed by atoms with Crippen LogP contribution in [0, 0.1) is 0 Å². The normalized spacial score (nSPS) is 5.83. The molecule has 6 heavy (non-hydrogen) atoms. The van der Waals surface area contributed by atoms with Crippen LogP contribution in [0.1, 0.15) is 0 Å². The molecule has 0 aromatic carbocycles. The third-order valence-corrected chi connectivity index (χ3v) is 0. The van der Waals surface area contributed by atoms with E-state index in [1.807, 2.05) is 0 Å². The summed E-state index contributed by atoms with van der Waals surface area (Å²) in [7, 11) is 0. The molecule has 0 saturated heterocycles. The molecule has 0 heterocycles. The van der Waals surface area contributed by atoms with Crippen molar-refractivity contribution >= 4 is 0 Å². The van der Waals surface area contributed by atoms with E-state index >= 15 is 0 Å². The topological polar surface area (TPSA) is 136 Å². The first-order valence-corrected chi connectivity index (χ1v) is 2.06. The summed E-state index contributed by atoms with van der Waals surface area (Å²) in [6, 6.07) is 0. The summed E-state index contributed by atoms with van der Waals surface area (Å²) >= 11 is -3.79. The molecule has 0 saturated carbocycles. The minimum absolute atomic E-state index is 0. The first-order chi connectivity index (χ1) is 1.73. The van der Waals surface area contributed by atoms with Crippen LogP contribution in [-0.2, 0) is 18.6 Å². The Hall–Kier alpha value is 0.172. The van der Waals surface area contributed by atoms with Gasteiger partial charge in [0, 0.05) is 0 Å². The fourth-order valence-electron chi connectivity index (χ4n) is 0. The monoisotopic (exact) mass is 136 g/mol. The Morgan fingerprint density at radius 2 is 1.17 bits per heavy atom. The number of quaternary nitrogens is 2. The summed E-state index contributed by atoms with van der Waals surface area (Å²) in [5.74, 6) is 0. The third-order valence-electron chi connectivity index (χ3n) is 0. The summed E-state index contributed by atoms with van der Waals surface area (Å²) in [6.45, 7) is 0. The Kier molecular flexibility index (Phi) is 24.5. The molecule has 0 aromatic rings. The summed E-state index contributed by atoms with van der Waals surface area (Å²) in [4.78, 5) is 0. The van der Waals surface area contributed by atoms with Gasteiger partial charge in [0.1, 0.15) is 0 Å². The van der Waals surface area contributed by atoms with Crippen LogP contribution < -0.4 is 20.6 Å². The van der Waals surface area contributed by atoms with Crippen molar-refractivity contribution in [1.29, 1.82) is 0 Å². The zero-order valence-electron chi connectivity index (χ0n) is 3.63. The Bertz CT molecular complexity index is 31.8. The maximum atomic E-state index is 8.54. The van der Waals surface area contributed by atoms with Crippen molar-refractivity contribution in [3.05, 3.63) is 0 Å². The Balaban J connectivity index is -0.0000000450. The minimum atomic E-state index is -3.79. The van der Waals surface area contributed by atoms with Crippen LogP contribution in [-0.4, -0.2) is 0 Å². The van der Waals surface area contributed by atoms with Crippen molar-refractivity contribution in [1.82, 2.24) is 12.3 Å². The second-order valence-electron chi connectivity index (χ2n) is 0.204. The SMILES string of the molecule is [NH4+].[NH4+].[O]=[Cr]([O-])[O-]. The molecule has 0 amide bonds. The summed E-state index contributed by atoms with van der Waals surface area (Å²) in [5.41, 5.74) is 0. The first kappa shape index (κ1) is 16.4. The van der Waals surface area contributed by atoms with Crippen molar-refractivity contribution in [3.8, 4) is 0 Å². The molecular formula is H8CrN2O3. The number of hydrogen-bond acceptors (Lipinski definition) is 3. The fraction of sp³-hybridized carbons (Fsp3) is 0. The summed E-state index contributed by atoms with van der Waals surface area (Å²) < 4.78 is 25.6. The average Bonchev–Trinajstić information content (AvgIpc) is 0.811. The maximum absolute atomic E-state index is 8.54. The van der Waals surface area contributed by atoms with E-state index in [9.17, 15) is 0 Å². The van der Waals surface area contributed by atoms with Crippen LogP contribution in [0.4, 0.5) is 0 Å². The molecule has 0 aliphatic carbocycles. The number of hydrogen-bond donors (Lipinski definition) is 2. The van der Waals surface area contributed by atoms with Crippen molar-refractivity contribution in [2.75, 3.05) is 0 Å². The number of rotatable bonds is 0. The molecule has 0 spiro atoms. The van der Waals surface area contributed by atoms with Gasteiger partial charge in [0.15, 0.2) is 0 Å². The summed E-state index contributed by atoms with van der Waals surface area (Å²) in [5, 5.41) is 0. The Morgan fingerprint density at radius 1 is 1.17 bits per heavy atom. The Morgan fingerprint density at radius 3 is 1.17 bits per heavy atom. The van der Waals surface area contributed by atoms with Crippen LogP contribution in [0.25, 0.3) is 0 Å². The zero-order valence-corrected chi connectivity index (χ0v) is 4.91. The van der Waals surface area contributed by atoms with Crippen LogP contribution >= 0.6 is 0 Å². The molecule has 0 atom stereocenters. The van der Waals surface area contributed by atoms with E-state index in [1.54, 1.807) is 0 Å². The fourth-order valence-corrected chi connectivity index (χ4v) is 0. The van der Waals surface area contributed by atoms with Gasteiger partial charge in [0.25, 0.3) is 0 Å². The first-order valence-electron chi connectivity index (χ1n) is 0.500. The Labute approximate surface area is 40.0 Å². The van der Waals surface area contributed by atoms with Crippen LogP contribution in [0.3, 0.4) is 0 Å². The van der Waals surface area contributed by atoms with E-state index < -0.39 is 14.8 Å². The zero-order chi connectivity index (χ0) is 3.58. The molecule has 0 fully saturated rings. The van der Waals surface area contributed by atoms with Gasteiger partial charge >= 0.3 is 26.9 Å². The summed E-state index contributed by atoms with van der Waals surface area (Å²) in [6.07, 6.45) is 0. The molecule has 5 nitrogen and oxygen atoms in total. The van der Waals surface area contributed by atoms with E-state index in [0.717, 1.165) is 0 Å². The van der Waals surface area contributed by atoms with Crippen molar-refractivity contribution in [3.63, 3.8) is 0 Å². The second kappa shape index (κ2) is 8.95. The quantitative estimate of drug-likeness (QED) is 0.408.